The highest BCUT2D eigenvalue weighted by atomic mass is 19.1. The van der Waals surface area contributed by atoms with Gasteiger partial charge in [0.25, 0.3) is 0 Å². The molecule has 0 bridgehead atoms. The zero-order valence-corrected chi connectivity index (χ0v) is 16.5. The van der Waals surface area contributed by atoms with Crippen molar-refractivity contribution >= 4 is 6.09 Å². The third-order valence-electron chi connectivity index (χ3n) is 5.41. The zero-order valence-electron chi connectivity index (χ0n) is 16.5. The molecular weight excluding hydrogens is 401 g/mol. The fraction of sp³-hybridized carbons (Fsp3) is 0.208. The summed E-state index contributed by atoms with van der Waals surface area (Å²) >= 11 is 0. The van der Waals surface area contributed by atoms with Crippen LogP contribution < -0.4 is 5.32 Å². The van der Waals surface area contributed by atoms with Gasteiger partial charge >= 0.3 is 6.09 Å². The van der Waals surface area contributed by atoms with E-state index in [1.54, 1.807) is 0 Å². The monoisotopic (exact) mass is 423 g/mol. The number of hydrogen-bond acceptors (Lipinski definition) is 5. The molecule has 160 valence electrons. The van der Waals surface area contributed by atoms with Gasteiger partial charge in [0, 0.05) is 18.5 Å². The molecule has 0 radical (unpaired) electrons. The minimum absolute atomic E-state index is 0.000614. The molecule has 0 spiro atoms. The summed E-state index contributed by atoms with van der Waals surface area (Å²) in [5.41, 5.74) is 4.39. The Labute approximate surface area is 178 Å². The molecule has 4 rings (SSSR count). The Morgan fingerprint density at radius 3 is 2.23 bits per heavy atom. The standard InChI is InChI=1S/C24H22FNO5/c25-15-9-14(10-16(27)11-15)23(29)22(28)12-26-24(30)31-13-21-19-7-3-1-5-17(19)18-6-2-4-8-20(18)21/h1-11,21-23,27-29H,12-13H2,(H,26,30). The van der Waals surface area contributed by atoms with E-state index < -0.39 is 24.1 Å². The highest BCUT2D eigenvalue weighted by molar-refractivity contribution is 5.79. The Morgan fingerprint density at radius 1 is 1.00 bits per heavy atom. The van der Waals surface area contributed by atoms with Gasteiger partial charge < -0.3 is 25.4 Å². The molecule has 6 nitrogen and oxygen atoms in total. The molecule has 0 aliphatic heterocycles. The normalized spacial score (nSPS) is 14.4. The van der Waals surface area contributed by atoms with Crippen molar-refractivity contribution in [2.45, 2.75) is 18.1 Å². The Balaban J connectivity index is 1.35. The number of rotatable bonds is 6. The lowest BCUT2D eigenvalue weighted by Gasteiger charge is -2.19. The summed E-state index contributed by atoms with van der Waals surface area (Å²) in [5.74, 6) is -1.21. The summed E-state index contributed by atoms with van der Waals surface area (Å²) in [5, 5.41) is 32.1. The van der Waals surface area contributed by atoms with Crippen molar-refractivity contribution < 1.29 is 29.2 Å². The van der Waals surface area contributed by atoms with Crippen LogP contribution in [0, 0.1) is 5.82 Å². The molecule has 0 aromatic heterocycles. The summed E-state index contributed by atoms with van der Waals surface area (Å²) in [6.07, 6.45) is -3.65. The highest BCUT2D eigenvalue weighted by Gasteiger charge is 2.29. The summed E-state index contributed by atoms with van der Waals surface area (Å²) in [7, 11) is 0. The van der Waals surface area contributed by atoms with Crippen LogP contribution in [-0.2, 0) is 4.74 Å². The number of amides is 1. The summed E-state index contributed by atoms with van der Waals surface area (Å²) in [6.45, 7) is -0.189. The lowest BCUT2D eigenvalue weighted by Crippen LogP contribution is -2.36. The van der Waals surface area contributed by atoms with Gasteiger partial charge in [-0.25, -0.2) is 9.18 Å². The second kappa shape index (κ2) is 8.75. The number of phenolic OH excluding ortho intramolecular Hbond substituents is 1. The van der Waals surface area contributed by atoms with Gasteiger partial charge in [0.15, 0.2) is 0 Å². The number of aliphatic hydroxyl groups excluding tert-OH is 2. The summed E-state index contributed by atoms with van der Waals surface area (Å²) < 4.78 is 18.8. The number of nitrogens with one attached hydrogen (secondary N) is 1. The van der Waals surface area contributed by atoms with Gasteiger partial charge in [-0.05, 0) is 39.9 Å². The number of halogens is 1. The van der Waals surface area contributed by atoms with Gasteiger partial charge in [0.05, 0.1) is 0 Å². The molecule has 4 N–H and O–H groups in total. The molecule has 1 amide bonds. The number of alkyl carbamates (subject to hydrolysis) is 1. The maximum Gasteiger partial charge on any atom is 0.407 e. The van der Waals surface area contributed by atoms with E-state index in [-0.39, 0.29) is 30.4 Å². The third-order valence-corrected chi connectivity index (χ3v) is 5.41. The van der Waals surface area contributed by atoms with Gasteiger partial charge in [-0.1, -0.05) is 48.5 Å². The number of benzene rings is 3. The molecule has 0 saturated heterocycles. The van der Waals surface area contributed by atoms with Gasteiger partial charge in [-0.2, -0.15) is 0 Å². The van der Waals surface area contributed by atoms with Crippen LogP contribution in [0.25, 0.3) is 11.1 Å². The van der Waals surface area contributed by atoms with E-state index in [0.29, 0.717) is 0 Å². The van der Waals surface area contributed by atoms with E-state index in [1.165, 1.54) is 0 Å². The largest absolute Gasteiger partial charge is 0.508 e. The highest BCUT2D eigenvalue weighted by Crippen LogP contribution is 2.44. The minimum Gasteiger partial charge on any atom is -0.508 e. The molecule has 2 unspecified atom stereocenters. The number of fused-ring (bicyclic) bond motifs is 3. The number of hydrogen-bond donors (Lipinski definition) is 4. The first-order valence-corrected chi connectivity index (χ1v) is 9.88. The Hall–Kier alpha value is -3.42. The summed E-state index contributed by atoms with van der Waals surface area (Å²) in [4.78, 5) is 12.2. The van der Waals surface area contributed by atoms with Crippen LogP contribution >= 0.6 is 0 Å². The van der Waals surface area contributed by atoms with Crippen molar-refractivity contribution in [3.8, 4) is 16.9 Å². The van der Waals surface area contributed by atoms with Crippen LogP contribution in [0.3, 0.4) is 0 Å². The minimum atomic E-state index is -1.49. The SMILES string of the molecule is O=C(NCC(O)C(O)c1cc(O)cc(F)c1)OCC1c2ccccc2-c2ccccc21. The van der Waals surface area contributed by atoms with Gasteiger partial charge in [-0.15, -0.1) is 0 Å². The second-order valence-electron chi connectivity index (χ2n) is 7.46. The molecule has 3 aromatic rings. The van der Waals surface area contributed by atoms with Crippen molar-refractivity contribution in [3.05, 3.63) is 89.2 Å². The lowest BCUT2D eigenvalue weighted by molar-refractivity contribution is 0.0183. The number of aromatic hydroxyl groups is 1. The molecule has 2 atom stereocenters. The fourth-order valence-corrected chi connectivity index (χ4v) is 3.94. The van der Waals surface area contributed by atoms with Crippen molar-refractivity contribution in [1.29, 1.82) is 0 Å². The Bertz CT molecular complexity index is 1040. The number of aliphatic hydroxyl groups is 2. The van der Waals surface area contributed by atoms with E-state index in [4.69, 9.17) is 4.74 Å². The van der Waals surface area contributed by atoms with E-state index >= 15 is 0 Å². The molecule has 7 heteroatoms. The molecule has 1 aliphatic rings. The molecular formula is C24H22FNO5. The first-order valence-electron chi connectivity index (χ1n) is 9.88. The predicted molar refractivity (Wildman–Crippen MR) is 112 cm³/mol. The molecule has 0 heterocycles. The fourth-order valence-electron chi connectivity index (χ4n) is 3.94. The number of phenols is 1. The van der Waals surface area contributed by atoms with Crippen LogP contribution in [0.15, 0.2) is 66.7 Å². The first kappa shape index (κ1) is 20.8. The average Bonchev–Trinajstić information content (AvgIpc) is 3.08. The quantitative estimate of drug-likeness (QED) is 0.487. The van der Waals surface area contributed by atoms with Gasteiger partial charge in [0.1, 0.15) is 30.4 Å². The van der Waals surface area contributed by atoms with E-state index in [2.05, 4.69) is 5.32 Å². The molecule has 1 aliphatic carbocycles. The topological polar surface area (TPSA) is 99.0 Å². The van der Waals surface area contributed by atoms with Crippen LogP contribution in [0.5, 0.6) is 5.75 Å². The lowest BCUT2D eigenvalue weighted by atomic mass is 9.98. The smallest absolute Gasteiger partial charge is 0.407 e. The van der Waals surface area contributed by atoms with Crippen molar-refractivity contribution in [1.82, 2.24) is 5.32 Å². The van der Waals surface area contributed by atoms with Crippen LogP contribution in [-0.4, -0.2) is 40.7 Å². The average molecular weight is 423 g/mol. The Kier molecular flexibility index (Phi) is 5.88. The van der Waals surface area contributed by atoms with Crippen molar-refractivity contribution in [3.63, 3.8) is 0 Å². The van der Waals surface area contributed by atoms with Crippen LogP contribution in [0.4, 0.5) is 9.18 Å². The molecule has 0 saturated carbocycles. The maximum atomic E-state index is 13.4. The van der Waals surface area contributed by atoms with Gasteiger partial charge in [0.2, 0.25) is 0 Å². The van der Waals surface area contributed by atoms with Crippen molar-refractivity contribution in [2.75, 3.05) is 13.2 Å². The zero-order chi connectivity index (χ0) is 22.0. The molecule has 31 heavy (non-hydrogen) atoms. The molecule has 0 fully saturated rings. The third kappa shape index (κ3) is 4.38. The predicted octanol–water partition coefficient (Wildman–Crippen LogP) is 3.46. The second-order valence-corrected chi connectivity index (χ2v) is 7.46. The Morgan fingerprint density at radius 2 is 1.61 bits per heavy atom. The summed E-state index contributed by atoms with van der Waals surface area (Å²) in [6, 6.07) is 19.0. The number of carbonyl (C=O) groups is 1. The van der Waals surface area contributed by atoms with Crippen LogP contribution in [0.1, 0.15) is 28.7 Å². The van der Waals surface area contributed by atoms with E-state index in [0.717, 1.165) is 40.5 Å². The molecule has 3 aromatic carbocycles. The maximum absolute atomic E-state index is 13.4. The van der Waals surface area contributed by atoms with Crippen molar-refractivity contribution in [2.24, 2.45) is 0 Å². The van der Waals surface area contributed by atoms with E-state index in [1.807, 2.05) is 48.5 Å². The van der Waals surface area contributed by atoms with E-state index in [9.17, 15) is 24.5 Å². The number of carbonyl (C=O) groups excluding carboxylic acids is 1. The van der Waals surface area contributed by atoms with Crippen LogP contribution in [0.2, 0.25) is 0 Å². The number of ether oxygens (including phenoxy) is 1. The first-order chi connectivity index (χ1) is 14.9. The van der Waals surface area contributed by atoms with Gasteiger partial charge in [-0.3, -0.25) is 0 Å².